The lowest BCUT2D eigenvalue weighted by Crippen LogP contribution is -2.29. The molecule has 1 aromatic carbocycles. The lowest BCUT2D eigenvalue weighted by Gasteiger charge is -2.19. The molecule has 7 nitrogen and oxygen atoms in total. The Labute approximate surface area is 175 Å². The molecule has 29 heavy (non-hydrogen) atoms. The van der Waals surface area contributed by atoms with Gasteiger partial charge in [-0.15, -0.1) is 0 Å². The predicted octanol–water partition coefficient (Wildman–Crippen LogP) is 3.60. The van der Waals surface area contributed by atoms with Crippen molar-refractivity contribution in [3.8, 4) is 17.6 Å². The summed E-state index contributed by atoms with van der Waals surface area (Å²) in [4.78, 5) is 12.2. The van der Waals surface area contributed by atoms with E-state index in [1.807, 2.05) is 13.0 Å². The Bertz CT molecular complexity index is 908. The Hall–Kier alpha value is -2.56. The molecule has 0 aliphatic carbocycles. The SMILES string of the molecule is CCCc1cc(C#N)ccc1OCC(COc1cnn(CCC)c(=O)c1Cl)OC. The highest BCUT2D eigenvalue weighted by Crippen LogP contribution is 2.23. The summed E-state index contributed by atoms with van der Waals surface area (Å²) in [6, 6.07) is 7.51. The van der Waals surface area contributed by atoms with Gasteiger partial charge >= 0.3 is 0 Å². The molecule has 1 heterocycles. The van der Waals surface area contributed by atoms with Crippen LogP contribution in [0.1, 0.15) is 37.8 Å². The standard InChI is InChI=1S/C21H26ClN3O4/c1-4-6-16-10-15(11-23)7-8-18(16)28-13-17(27-3)14-29-19-12-24-25(9-5-2)21(26)20(19)22/h7-8,10,12,17H,4-6,9,13-14H2,1-3H3. The lowest BCUT2D eigenvalue weighted by molar-refractivity contribution is 0.0233. The molecule has 0 N–H and O–H groups in total. The molecule has 0 aliphatic heterocycles. The number of halogens is 1. The van der Waals surface area contributed by atoms with Crippen LogP contribution < -0.4 is 15.0 Å². The minimum absolute atomic E-state index is 0.00143. The van der Waals surface area contributed by atoms with E-state index in [4.69, 9.17) is 31.1 Å². The first-order valence-corrected chi connectivity index (χ1v) is 9.98. The number of rotatable bonds is 11. The Morgan fingerprint density at radius 2 is 1.93 bits per heavy atom. The van der Waals surface area contributed by atoms with E-state index < -0.39 is 0 Å². The zero-order chi connectivity index (χ0) is 21.2. The number of nitrogens with zero attached hydrogens (tertiary/aromatic N) is 3. The summed E-state index contributed by atoms with van der Waals surface area (Å²) in [6.45, 7) is 4.92. The fourth-order valence-electron chi connectivity index (χ4n) is 2.73. The van der Waals surface area contributed by atoms with Gasteiger partial charge in [0, 0.05) is 13.7 Å². The number of aromatic nitrogens is 2. The van der Waals surface area contributed by atoms with E-state index in [0.717, 1.165) is 30.6 Å². The average Bonchev–Trinajstić information content (AvgIpc) is 2.73. The van der Waals surface area contributed by atoms with Crippen molar-refractivity contribution in [1.82, 2.24) is 9.78 Å². The van der Waals surface area contributed by atoms with Crippen LogP contribution >= 0.6 is 11.6 Å². The minimum atomic E-state index is -0.380. The van der Waals surface area contributed by atoms with Gasteiger partial charge < -0.3 is 14.2 Å². The van der Waals surface area contributed by atoms with Crippen molar-refractivity contribution < 1.29 is 14.2 Å². The first kappa shape index (κ1) is 22.7. The molecule has 2 rings (SSSR count). The van der Waals surface area contributed by atoms with E-state index in [9.17, 15) is 4.79 Å². The summed E-state index contributed by atoms with van der Waals surface area (Å²) in [5, 5.41) is 13.1. The van der Waals surface area contributed by atoms with Gasteiger partial charge in [0.05, 0.1) is 17.8 Å². The third kappa shape index (κ3) is 6.21. The van der Waals surface area contributed by atoms with E-state index >= 15 is 0 Å². The molecule has 156 valence electrons. The highest BCUT2D eigenvalue weighted by Gasteiger charge is 2.15. The molecule has 8 heteroatoms. The fraction of sp³-hybridized carbons (Fsp3) is 0.476. The van der Waals surface area contributed by atoms with Crippen molar-refractivity contribution in [2.24, 2.45) is 0 Å². The molecule has 0 bridgehead atoms. The smallest absolute Gasteiger partial charge is 0.289 e. The Balaban J connectivity index is 2.01. The number of methoxy groups -OCH3 is 1. The molecule has 1 atom stereocenters. The van der Waals surface area contributed by atoms with Crippen molar-refractivity contribution in [3.05, 3.63) is 50.9 Å². The molecule has 2 aromatic rings. The van der Waals surface area contributed by atoms with Crippen LogP contribution in [0.3, 0.4) is 0 Å². The van der Waals surface area contributed by atoms with Crippen molar-refractivity contribution in [3.63, 3.8) is 0 Å². The van der Waals surface area contributed by atoms with Gasteiger partial charge in [0.1, 0.15) is 25.1 Å². The second-order valence-corrected chi connectivity index (χ2v) is 6.89. The van der Waals surface area contributed by atoms with Gasteiger partial charge in [0.15, 0.2) is 10.8 Å². The fourth-order valence-corrected chi connectivity index (χ4v) is 2.93. The van der Waals surface area contributed by atoms with E-state index in [2.05, 4.69) is 18.1 Å². The maximum Gasteiger partial charge on any atom is 0.289 e. The van der Waals surface area contributed by atoms with E-state index in [0.29, 0.717) is 12.1 Å². The van der Waals surface area contributed by atoms with E-state index in [1.165, 1.54) is 10.9 Å². The predicted molar refractivity (Wildman–Crippen MR) is 111 cm³/mol. The molecule has 0 spiro atoms. The Morgan fingerprint density at radius 1 is 1.21 bits per heavy atom. The molecule has 1 unspecified atom stereocenters. The third-order valence-corrected chi connectivity index (χ3v) is 4.63. The van der Waals surface area contributed by atoms with Crippen LogP contribution in [-0.4, -0.2) is 36.2 Å². The van der Waals surface area contributed by atoms with Crippen LogP contribution in [0.2, 0.25) is 5.02 Å². The summed E-state index contributed by atoms with van der Waals surface area (Å²) in [5.41, 5.74) is 1.21. The zero-order valence-electron chi connectivity index (χ0n) is 17.0. The van der Waals surface area contributed by atoms with Gasteiger partial charge in [-0.05, 0) is 36.6 Å². The monoisotopic (exact) mass is 419 g/mol. The van der Waals surface area contributed by atoms with Crippen molar-refractivity contribution in [2.75, 3.05) is 20.3 Å². The first-order valence-electron chi connectivity index (χ1n) is 9.61. The lowest BCUT2D eigenvalue weighted by atomic mass is 10.1. The summed E-state index contributed by atoms with van der Waals surface area (Å²) < 4.78 is 18.3. The number of hydrogen-bond donors (Lipinski definition) is 0. The van der Waals surface area contributed by atoms with Crippen molar-refractivity contribution >= 4 is 11.6 Å². The summed E-state index contributed by atoms with van der Waals surface area (Å²) in [5.74, 6) is 0.936. The van der Waals surface area contributed by atoms with E-state index in [-0.39, 0.29) is 35.6 Å². The second kappa shape index (κ2) is 11.4. The second-order valence-electron chi connectivity index (χ2n) is 6.52. The van der Waals surface area contributed by atoms with Gasteiger partial charge in [-0.2, -0.15) is 10.4 Å². The number of aryl methyl sites for hydroxylation is 2. The number of nitriles is 1. The quantitative estimate of drug-likeness (QED) is 0.553. The van der Waals surface area contributed by atoms with Crippen LogP contribution in [0, 0.1) is 11.3 Å². The third-order valence-electron chi connectivity index (χ3n) is 4.28. The first-order chi connectivity index (χ1) is 14.0. The molecular formula is C21H26ClN3O4. The topological polar surface area (TPSA) is 86.4 Å². The number of ether oxygens (including phenoxy) is 3. The number of benzene rings is 1. The van der Waals surface area contributed by atoms with Gasteiger partial charge in [0.2, 0.25) is 0 Å². The van der Waals surface area contributed by atoms with E-state index in [1.54, 1.807) is 19.2 Å². The van der Waals surface area contributed by atoms with Gasteiger partial charge in [-0.25, -0.2) is 4.68 Å². The van der Waals surface area contributed by atoms with Gasteiger partial charge in [-0.3, -0.25) is 4.79 Å². The minimum Gasteiger partial charge on any atom is -0.490 e. The maximum atomic E-state index is 12.2. The molecule has 0 radical (unpaired) electrons. The Kier molecular flexibility index (Phi) is 8.97. The Morgan fingerprint density at radius 3 is 2.55 bits per heavy atom. The van der Waals surface area contributed by atoms with Crippen LogP contribution in [0.4, 0.5) is 0 Å². The van der Waals surface area contributed by atoms with Gasteiger partial charge in [0.25, 0.3) is 5.56 Å². The largest absolute Gasteiger partial charge is 0.490 e. The molecular weight excluding hydrogens is 394 g/mol. The van der Waals surface area contributed by atoms with Gasteiger partial charge in [-0.1, -0.05) is 31.9 Å². The maximum absolute atomic E-state index is 12.2. The molecule has 0 fully saturated rings. The molecule has 0 saturated carbocycles. The molecule has 1 aromatic heterocycles. The highest BCUT2D eigenvalue weighted by molar-refractivity contribution is 6.31. The molecule has 0 saturated heterocycles. The van der Waals surface area contributed by atoms with Crippen LogP contribution in [0.15, 0.2) is 29.2 Å². The van der Waals surface area contributed by atoms with Crippen LogP contribution in [-0.2, 0) is 17.7 Å². The summed E-state index contributed by atoms with van der Waals surface area (Å²) in [6.07, 6.45) is 3.59. The average molecular weight is 420 g/mol. The van der Waals surface area contributed by atoms with Crippen LogP contribution in [0.5, 0.6) is 11.5 Å². The van der Waals surface area contributed by atoms with Crippen molar-refractivity contribution in [2.45, 2.75) is 45.8 Å². The summed E-state index contributed by atoms with van der Waals surface area (Å²) >= 11 is 6.12. The molecule has 0 aliphatic rings. The normalized spacial score (nSPS) is 11.7. The molecule has 0 amide bonds. The van der Waals surface area contributed by atoms with Crippen molar-refractivity contribution in [1.29, 1.82) is 5.26 Å². The van der Waals surface area contributed by atoms with Crippen LogP contribution in [0.25, 0.3) is 0 Å². The number of hydrogen-bond acceptors (Lipinski definition) is 6. The highest BCUT2D eigenvalue weighted by atomic mass is 35.5. The zero-order valence-corrected chi connectivity index (χ0v) is 17.7. The summed E-state index contributed by atoms with van der Waals surface area (Å²) in [7, 11) is 1.56.